The van der Waals surface area contributed by atoms with Crippen molar-refractivity contribution < 1.29 is 22.7 Å². The number of aromatic nitrogens is 4. The topological polar surface area (TPSA) is 97.5 Å². The first-order valence-corrected chi connectivity index (χ1v) is 12.1. The summed E-state index contributed by atoms with van der Waals surface area (Å²) >= 11 is 0. The van der Waals surface area contributed by atoms with Crippen LogP contribution in [0.4, 0.5) is 19.0 Å². The van der Waals surface area contributed by atoms with Crippen molar-refractivity contribution in [2.75, 3.05) is 31.2 Å². The monoisotopic (exact) mass is 535 g/mol. The summed E-state index contributed by atoms with van der Waals surface area (Å²) in [5, 5.41) is 12.1. The summed E-state index contributed by atoms with van der Waals surface area (Å²) in [4.78, 5) is 19.2. The van der Waals surface area contributed by atoms with E-state index >= 15 is 0 Å². The van der Waals surface area contributed by atoms with Gasteiger partial charge in [-0.05, 0) is 35.9 Å². The second-order valence-electron chi connectivity index (χ2n) is 8.79. The molecule has 12 heteroatoms. The molecule has 0 atom stereocenters. The summed E-state index contributed by atoms with van der Waals surface area (Å²) in [7, 11) is 0. The van der Waals surface area contributed by atoms with Crippen LogP contribution < -0.4 is 10.3 Å². The highest BCUT2D eigenvalue weighted by molar-refractivity contribution is 5.94. The maximum Gasteiger partial charge on any atom is 0.416 e. The van der Waals surface area contributed by atoms with Crippen LogP contribution in [0.2, 0.25) is 0 Å². The molecule has 1 aliphatic heterocycles. The number of morpholine rings is 1. The standard InChI is InChI=1S/C27H24F3N7O2/c28-27(29,30)23-8-6-20(7-9-23)26(38)34-32-16-24-18-37(35-33-24)17-22-14-21(19-4-2-1-3-5-19)15-31-25(22)36-10-12-39-13-11-36/h1-9,14-16,18H,10-13,17H2,(H,34,38)/b32-16+. The van der Waals surface area contributed by atoms with Gasteiger partial charge in [0.05, 0.1) is 37.7 Å². The molecule has 0 radical (unpaired) electrons. The van der Waals surface area contributed by atoms with Gasteiger partial charge in [0.1, 0.15) is 11.5 Å². The summed E-state index contributed by atoms with van der Waals surface area (Å²) in [5.74, 6) is 0.207. The first-order chi connectivity index (χ1) is 18.9. The Morgan fingerprint density at radius 3 is 2.51 bits per heavy atom. The SMILES string of the molecule is O=C(N/N=C/c1cn(Cc2cc(-c3ccccc3)cnc2N2CCOCC2)nn1)c1ccc(C(F)(F)F)cc1. The van der Waals surface area contributed by atoms with Gasteiger partial charge < -0.3 is 9.64 Å². The van der Waals surface area contributed by atoms with Crippen LogP contribution in [0.3, 0.4) is 0 Å². The Morgan fingerprint density at radius 2 is 1.79 bits per heavy atom. The minimum atomic E-state index is -4.47. The van der Waals surface area contributed by atoms with Gasteiger partial charge in [-0.15, -0.1) is 5.10 Å². The third-order valence-electron chi connectivity index (χ3n) is 6.09. The minimum Gasteiger partial charge on any atom is -0.378 e. The van der Waals surface area contributed by atoms with Gasteiger partial charge >= 0.3 is 6.18 Å². The van der Waals surface area contributed by atoms with Crippen molar-refractivity contribution >= 4 is 17.9 Å². The molecule has 0 aliphatic carbocycles. The van der Waals surface area contributed by atoms with E-state index in [1.165, 1.54) is 6.21 Å². The smallest absolute Gasteiger partial charge is 0.378 e. The highest BCUT2D eigenvalue weighted by atomic mass is 19.4. The molecule has 1 saturated heterocycles. The Morgan fingerprint density at radius 1 is 1.05 bits per heavy atom. The van der Waals surface area contributed by atoms with Gasteiger partial charge in [-0.3, -0.25) is 4.79 Å². The van der Waals surface area contributed by atoms with Crippen molar-refractivity contribution in [3.63, 3.8) is 0 Å². The maximum absolute atomic E-state index is 12.7. The Balaban J connectivity index is 1.28. The van der Waals surface area contributed by atoms with Crippen LogP contribution in [0.15, 0.2) is 78.2 Å². The molecular weight excluding hydrogens is 511 g/mol. The molecule has 3 heterocycles. The zero-order chi connectivity index (χ0) is 27.2. The number of ether oxygens (including phenoxy) is 1. The van der Waals surface area contributed by atoms with Crippen LogP contribution in [0.5, 0.6) is 0 Å². The van der Waals surface area contributed by atoms with Crippen molar-refractivity contribution in [3.8, 4) is 11.1 Å². The van der Waals surface area contributed by atoms with Crippen LogP contribution in [-0.2, 0) is 17.5 Å². The highest BCUT2D eigenvalue weighted by Gasteiger charge is 2.30. The quantitative estimate of drug-likeness (QED) is 0.284. The zero-order valence-electron chi connectivity index (χ0n) is 20.7. The number of hydrogen-bond donors (Lipinski definition) is 1. The fourth-order valence-electron chi connectivity index (χ4n) is 4.12. The Hall–Kier alpha value is -4.58. The van der Waals surface area contributed by atoms with Gasteiger partial charge in [-0.25, -0.2) is 15.1 Å². The van der Waals surface area contributed by atoms with Gasteiger partial charge in [0.15, 0.2) is 0 Å². The Bertz CT molecular complexity index is 1450. The number of hydrogen-bond acceptors (Lipinski definition) is 7. The second kappa shape index (κ2) is 11.4. The molecule has 0 unspecified atom stereocenters. The molecule has 5 rings (SSSR count). The number of carbonyl (C=O) groups is 1. The molecule has 9 nitrogen and oxygen atoms in total. The predicted molar refractivity (Wildman–Crippen MR) is 138 cm³/mol. The van der Waals surface area contributed by atoms with Crippen molar-refractivity contribution in [1.82, 2.24) is 25.4 Å². The van der Waals surface area contributed by atoms with E-state index in [4.69, 9.17) is 9.72 Å². The van der Waals surface area contributed by atoms with Crippen molar-refractivity contribution in [3.05, 3.63) is 95.4 Å². The Kier molecular flexibility index (Phi) is 7.64. The predicted octanol–water partition coefficient (Wildman–Crippen LogP) is 4.01. The molecule has 0 saturated carbocycles. The van der Waals surface area contributed by atoms with Crippen molar-refractivity contribution in [2.45, 2.75) is 12.7 Å². The van der Waals surface area contributed by atoms with E-state index in [9.17, 15) is 18.0 Å². The molecular formula is C27H24F3N7O2. The number of anilines is 1. The first-order valence-electron chi connectivity index (χ1n) is 12.1. The van der Waals surface area contributed by atoms with Crippen molar-refractivity contribution in [1.29, 1.82) is 0 Å². The molecule has 0 spiro atoms. The summed E-state index contributed by atoms with van der Waals surface area (Å²) in [6, 6.07) is 15.9. The Labute approximate surface area is 221 Å². The second-order valence-corrected chi connectivity index (χ2v) is 8.79. The summed E-state index contributed by atoms with van der Waals surface area (Å²) in [6.45, 7) is 3.13. The number of nitrogens with zero attached hydrogens (tertiary/aromatic N) is 6. The molecule has 39 heavy (non-hydrogen) atoms. The zero-order valence-corrected chi connectivity index (χ0v) is 20.7. The lowest BCUT2D eigenvalue weighted by molar-refractivity contribution is -0.137. The van der Waals surface area contributed by atoms with Crippen LogP contribution in [0.25, 0.3) is 11.1 Å². The van der Waals surface area contributed by atoms with Gasteiger partial charge in [0.25, 0.3) is 5.91 Å². The van der Waals surface area contributed by atoms with Gasteiger partial charge in [-0.1, -0.05) is 35.5 Å². The average molecular weight is 536 g/mol. The molecule has 1 fully saturated rings. The molecule has 200 valence electrons. The highest BCUT2D eigenvalue weighted by Crippen LogP contribution is 2.29. The average Bonchev–Trinajstić information content (AvgIpc) is 3.40. The molecule has 1 amide bonds. The van der Waals surface area contributed by atoms with E-state index in [0.717, 1.165) is 59.9 Å². The number of halogens is 3. The number of rotatable bonds is 7. The maximum atomic E-state index is 12.7. The normalized spacial score (nSPS) is 14.1. The molecule has 4 aromatic rings. The van der Waals surface area contributed by atoms with Crippen LogP contribution in [-0.4, -0.2) is 58.4 Å². The number of alkyl halides is 3. The lowest BCUT2D eigenvalue weighted by atomic mass is 10.1. The van der Waals surface area contributed by atoms with Crippen LogP contribution in [0.1, 0.15) is 27.2 Å². The molecule has 1 aliphatic rings. The number of carbonyl (C=O) groups excluding carboxylic acids is 1. The molecule has 0 bridgehead atoms. The van der Waals surface area contributed by atoms with E-state index in [2.05, 4.69) is 31.8 Å². The van der Waals surface area contributed by atoms with E-state index in [0.29, 0.717) is 25.5 Å². The van der Waals surface area contributed by atoms with Crippen molar-refractivity contribution in [2.24, 2.45) is 5.10 Å². The summed E-state index contributed by atoms with van der Waals surface area (Å²) < 4.78 is 45.3. The number of pyridine rings is 1. The first kappa shape index (κ1) is 26.0. The number of nitrogens with one attached hydrogen (secondary N) is 1. The lowest BCUT2D eigenvalue weighted by Crippen LogP contribution is -2.37. The van der Waals surface area contributed by atoms with E-state index in [1.54, 1.807) is 10.9 Å². The molecule has 2 aromatic heterocycles. The molecule has 2 aromatic carbocycles. The van der Waals surface area contributed by atoms with Crippen LogP contribution >= 0.6 is 0 Å². The third kappa shape index (κ3) is 6.47. The van der Waals surface area contributed by atoms with E-state index < -0.39 is 17.6 Å². The number of hydrazone groups is 1. The number of amides is 1. The summed E-state index contributed by atoms with van der Waals surface area (Å²) in [5.41, 5.74) is 4.88. The van der Waals surface area contributed by atoms with E-state index in [1.807, 2.05) is 36.5 Å². The van der Waals surface area contributed by atoms with Gasteiger partial charge in [0.2, 0.25) is 0 Å². The van der Waals surface area contributed by atoms with Crippen LogP contribution in [0, 0.1) is 0 Å². The fourth-order valence-corrected chi connectivity index (χ4v) is 4.12. The lowest BCUT2D eigenvalue weighted by Gasteiger charge is -2.29. The largest absolute Gasteiger partial charge is 0.416 e. The fraction of sp³-hybridized carbons (Fsp3) is 0.222. The minimum absolute atomic E-state index is 0.0465. The summed E-state index contributed by atoms with van der Waals surface area (Å²) in [6.07, 6.45) is 0.377. The van der Waals surface area contributed by atoms with E-state index in [-0.39, 0.29) is 5.56 Å². The van der Waals surface area contributed by atoms with Gasteiger partial charge in [0, 0.05) is 36.0 Å². The van der Waals surface area contributed by atoms with Gasteiger partial charge in [-0.2, -0.15) is 18.3 Å². The molecule has 1 N–H and O–H groups in total. The number of benzene rings is 2. The third-order valence-corrected chi connectivity index (χ3v) is 6.09.